The van der Waals surface area contributed by atoms with Gasteiger partial charge in [0.2, 0.25) is 5.78 Å². The van der Waals surface area contributed by atoms with E-state index < -0.39 is 11.0 Å². The second kappa shape index (κ2) is 4.22. The molecule has 2 aromatic rings. The molecular weight excluding hydrogens is 242 g/mol. The van der Waals surface area contributed by atoms with Crippen LogP contribution in [-0.4, -0.2) is 23.1 Å². The highest BCUT2D eigenvalue weighted by molar-refractivity contribution is 6.83. The molecule has 17 heavy (non-hydrogen) atoms. The van der Waals surface area contributed by atoms with Crippen LogP contribution in [0.3, 0.4) is 0 Å². The number of Topliss-reactive ketones (excluding diaryl/α,β-unsaturated/α-hetero) is 1. The zero-order valence-corrected chi connectivity index (χ0v) is 10.1. The molecule has 0 aliphatic carbocycles. The summed E-state index contributed by atoms with van der Waals surface area (Å²) < 4.78 is 5.18. The molecule has 0 spiro atoms. The number of benzene rings is 1. The molecule has 0 saturated carbocycles. The fourth-order valence-electron chi connectivity index (χ4n) is 1.90. The van der Waals surface area contributed by atoms with Crippen molar-refractivity contribution >= 4 is 33.5 Å². The van der Waals surface area contributed by atoms with Crippen molar-refractivity contribution in [2.45, 2.75) is 6.92 Å². The van der Waals surface area contributed by atoms with E-state index in [0.717, 1.165) is 5.52 Å². The van der Waals surface area contributed by atoms with Crippen LogP contribution >= 0.6 is 11.6 Å². The van der Waals surface area contributed by atoms with Gasteiger partial charge in [-0.2, -0.15) is 0 Å². The third-order valence-corrected chi connectivity index (χ3v) is 2.77. The van der Waals surface area contributed by atoms with E-state index in [2.05, 4.69) is 4.98 Å². The Kier molecular flexibility index (Phi) is 2.90. The van der Waals surface area contributed by atoms with Crippen LogP contribution < -0.4 is 4.74 Å². The topological polar surface area (TPSA) is 59.2 Å². The quantitative estimate of drug-likeness (QED) is 0.518. The maximum absolute atomic E-state index is 11.8. The zero-order chi connectivity index (χ0) is 12.6. The van der Waals surface area contributed by atoms with Gasteiger partial charge < -0.3 is 9.72 Å². The van der Waals surface area contributed by atoms with Crippen LogP contribution in [0.15, 0.2) is 18.2 Å². The number of hydrogen-bond donors (Lipinski definition) is 1. The predicted molar refractivity (Wildman–Crippen MR) is 64.8 cm³/mol. The molecule has 1 heterocycles. The van der Waals surface area contributed by atoms with Gasteiger partial charge in [-0.15, -0.1) is 0 Å². The van der Waals surface area contributed by atoms with E-state index in [4.69, 9.17) is 16.3 Å². The Morgan fingerprint density at radius 2 is 2.06 bits per heavy atom. The SMILES string of the molecule is COc1cccc2[nH]c(C)c(C(=O)C(=O)Cl)c12. The molecule has 0 radical (unpaired) electrons. The highest BCUT2D eigenvalue weighted by atomic mass is 35.5. The Hall–Kier alpha value is -1.81. The minimum atomic E-state index is -1.00. The first-order valence-electron chi connectivity index (χ1n) is 4.95. The van der Waals surface area contributed by atoms with Crippen LogP contribution in [0.5, 0.6) is 5.75 Å². The summed E-state index contributed by atoms with van der Waals surface area (Å²) in [5, 5.41) is -0.411. The van der Waals surface area contributed by atoms with Crippen molar-refractivity contribution in [1.82, 2.24) is 4.98 Å². The van der Waals surface area contributed by atoms with Gasteiger partial charge >= 0.3 is 0 Å². The first-order chi connectivity index (χ1) is 8.06. The number of carbonyl (C=O) groups excluding carboxylic acids is 2. The van der Waals surface area contributed by atoms with Gasteiger partial charge in [-0.05, 0) is 30.7 Å². The van der Waals surface area contributed by atoms with Crippen molar-refractivity contribution in [3.63, 3.8) is 0 Å². The lowest BCUT2D eigenvalue weighted by atomic mass is 10.1. The third-order valence-electron chi connectivity index (χ3n) is 2.60. The Balaban J connectivity index is 2.82. The fraction of sp³-hybridized carbons (Fsp3) is 0.167. The van der Waals surface area contributed by atoms with E-state index in [1.54, 1.807) is 25.1 Å². The number of H-pyrrole nitrogens is 1. The van der Waals surface area contributed by atoms with Gasteiger partial charge in [0.1, 0.15) is 5.75 Å². The third kappa shape index (κ3) is 1.80. The average molecular weight is 252 g/mol. The van der Waals surface area contributed by atoms with Gasteiger partial charge in [0.15, 0.2) is 0 Å². The largest absolute Gasteiger partial charge is 0.496 e. The van der Waals surface area contributed by atoms with E-state index in [-0.39, 0.29) is 5.56 Å². The minimum absolute atomic E-state index is 0.275. The zero-order valence-electron chi connectivity index (χ0n) is 9.33. The van der Waals surface area contributed by atoms with Crippen molar-refractivity contribution in [2.24, 2.45) is 0 Å². The summed E-state index contributed by atoms with van der Waals surface area (Å²) >= 11 is 5.24. The fourth-order valence-corrected chi connectivity index (χ4v) is 1.99. The van der Waals surface area contributed by atoms with Crippen LogP contribution in [0.4, 0.5) is 0 Å². The number of carbonyl (C=O) groups is 2. The van der Waals surface area contributed by atoms with Gasteiger partial charge in [-0.1, -0.05) is 6.07 Å². The van der Waals surface area contributed by atoms with Crippen molar-refractivity contribution < 1.29 is 14.3 Å². The molecule has 1 N–H and O–H groups in total. The molecular formula is C12H10ClNO3. The molecule has 0 saturated heterocycles. The van der Waals surface area contributed by atoms with E-state index in [1.165, 1.54) is 7.11 Å². The highest BCUT2D eigenvalue weighted by Crippen LogP contribution is 2.31. The predicted octanol–water partition coefficient (Wildman–Crippen LogP) is 2.43. The monoisotopic (exact) mass is 251 g/mol. The molecule has 0 bridgehead atoms. The minimum Gasteiger partial charge on any atom is -0.496 e. The van der Waals surface area contributed by atoms with Crippen LogP contribution in [0.1, 0.15) is 16.1 Å². The molecule has 1 aromatic heterocycles. The molecule has 0 fully saturated rings. The van der Waals surface area contributed by atoms with Crippen LogP contribution in [0, 0.1) is 6.92 Å². The molecule has 2 rings (SSSR count). The molecule has 88 valence electrons. The van der Waals surface area contributed by atoms with E-state index in [0.29, 0.717) is 16.8 Å². The summed E-state index contributed by atoms with van der Waals surface area (Å²) in [6.07, 6.45) is 0. The van der Waals surface area contributed by atoms with Crippen LogP contribution in [0.25, 0.3) is 10.9 Å². The Labute approximate surface area is 103 Å². The summed E-state index contributed by atoms with van der Waals surface area (Å²) in [5.41, 5.74) is 1.61. The van der Waals surface area contributed by atoms with Gasteiger partial charge in [-0.25, -0.2) is 0 Å². The molecule has 0 aliphatic rings. The number of nitrogens with one attached hydrogen (secondary N) is 1. The number of rotatable bonds is 3. The number of aromatic nitrogens is 1. The van der Waals surface area contributed by atoms with Crippen molar-refractivity contribution in [2.75, 3.05) is 7.11 Å². The number of fused-ring (bicyclic) bond motifs is 1. The van der Waals surface area contributed by atoms with E-state index >= 15 is 0 Å². The van der Waals surface area contributed by atoms with Crippen molar-refractivity contribution in [3.8, 4) is 5.75 Å². The maximum Gasteiger partial charge on any atom is 0.293 e. The standard InChI is InChI=1S/C12H10ClNO3/c1-6-9(11(15)12(13)16)10-7(14-6)4-3-5-8(10)17-2/h3-5,14H,1-2H3. The molecule has 0 unspecified atom stereocenters. The smallest absolute Gasteiger partial charge is 0.293 e. The first kappa shape index (κ1) is 11.7. The number of aromatic amines is 1. The number of ether oxygens (including phenoxy) is 1. The highest BCUT2D eigenvalue weighted by Gasteiger charge is 2.23. The molecule has 5 heteroatoms. The molecule has 0 amide bonds. The average Bonchev–Trinajstić information content (AvgIpc) is 2.63. The lowest BCUT2D eigenvalue weighted by molar-refractivity contribution is -0.108. The lowest BCUT2D eigenvalue weighted by Crippen LogP contribution is -2.08. The first-order valence-corrected chi connectivity index (χ1v) is 5.33. The van der Waals surface area contributed by atoms with Gasteiger partial charge in [-0.3, -0.25) is 9.59 Å². The Morgan fingerprint density at radius 3 is 2.65 bits per heavy atom. The van der Waals surface area contributed by atoms with Crippen LogP contribution in [-0.2, 0) is 4.79 Å². The maximum atomic E-state index is 11.8. The van der Waals surface area contributed by atoms with Gasteiger partial charge in [0.25, 0.3) is 5.24 Å². The number of hydrogen-bond acceptors (Lipinski definition) is 3. The van der Waals surface area contributed by atoms with Gasteiger partial charge in [0.05, 0.1) is 23.6 Å². The number of ketones is 1. The van der Waals surface area contributed by atoms with E-state index in [9.17, 15) is 9.59 Å². The molecule has 0 atom stereocenters. The molecule has 1 aromatic carbocycles. The summed E-state index contributed by atoms with van der Waals surface area (Å²) in [7, 11) is 1.51. The van der Waals surface area contributed by atoms with Gasteiger partial charge in [0, 0.05) is 5.69 Å². The summed E-state index contributed by atoms with van der Waals surface area (Å²) in [4.78, 5) is 25.8. The molecule has 0 aliphatic heterocycles. The van der Waals surface area contributed by atoms with E-state index in [1.807, 2.05) is 0 Å². The van der Waals surface area contributed by atoms with Crippen LogP contribution in [0.2, 0.25) is 0 Å². The second-order valence-electron chi connectivity index (χ2n) is 3.61. The van der Waals surface area contributed by atoms with Crippen molar-refractivity contribution in [3.05, 3.63) is 29.5 Å². The second-order valence-corrected chi connectivity index (χ2v) is 3.95. The summed E-state index contributed by atoms with van der Waals surface area (Å²) in [5.74, 6) is -0.187. The number of aryl methyl sites for hydroxylation is 1. The van der Waals surface area contributed by atoms with Crippen molar-refractivity contribution in [1.29, 1.82) is 0 Å². The number of halogens is 1. The molecule has 4 nitrogen and oxygen atoms in total. The number of methoxy groups -OCH3 is 1. The summed E-state index contributed by atoms with van der Waals surface area (Å²) in [6, 6.07) is 5.33. The Bertz CT molecular complexity index is 615. The Morgan fingerprint density at radius 1 is 1.35 bits per heavy atom. The normalized spacial score (nSPS) is 10.5. The lowest BCUT2D eigenvalue weighted by Gasteiger charge is -2.03. The summed E-state index contributed by atoms with van der Waals surface area (Å²) in [6.45, 7) is 1.71.